The normalized spacial score (nSPS) is 11.9. The summed E-state index contributed by atoms with van der Waals surface area (Å²) in [5.74, 6) is 0.960. The minimum Gasteiger partial charge on any atom is -0.410 e. The molecule has 0 aliphatic carbocycles. The summed E-state index contributed by atoms with van der Waals surface area (Å²) in [6.07, 6.45) is -0.567. The molecule has 0 radical (unpaired) electrons. The Morgan fingerprint density at radius 1 is 1.04 bits per heavy atom. The summed E-state index contributed by atoms with van der Waals surface area (Å²) in [7, 11) is 0. The molecular formula is C18H19BrN2O2. The molecule has 0 aromatic heterocycles. The Bertz CT molecular complexity index is 689. The fourth-order valence-electron chi connectivity index (χ4n) is 1.83. The lowest BCUT2D eigenvalue weighted by atomic mass is 10.1. The van der Waals surface area contributed by atoms with Crippen LogP contribution in [0.1, 0.15) is 26.3 Å². The number of rotatable bonds is 2. The van der Waals surface area contributed by atoms with Crippen molar-refractivity contribution in [3.63, 3.8) is 0 Å². The van der Waals surface area contributed by atoms with Gasteiger partial charge in [0, 0.05) is 10.0 Å². The highest BCUT2D eigenvalue weighted by Crippen LogP contribution is 2.14. The van der Waals surface area contributed by atoms with Crippen molar-refractivity contribution < 1.29 is 9.53 Å². The standard InChI is InChI=1S/C18H19BrN2O2/c1-18(2,3)21-16(13-9-11-14(19)12-10-13)20-17(22)23-15-7-5-4-6-8-15/h4-12H,1-3H3,(H,20,21,22). The van der Waals surface area contributed by atoms with Crippen molar-refractivity contribution in [3.8, 4) is 5.75 Å². The van der Waals surface area contributed by atoms with Gasteiger partial charge >= 0.3 is 6.09 Å². The Balaban J connectivity index is 2.20. The topological polar surface area (TPSA) is 50.7 Å². The molecule has 0 atom stereocenters. The summed E-state index contributed by atoms with van der Waals surface area (Å²) in [4.78, 5) is 16.7. The zero-order valence-electron chi connectivity index (χ0n) is 13.3. The van der Waals surface area contributed by atoms with Crippen LogP contribution in [0.25, 0.3) is 0 Å². The zero-order chi connectivity index (χ0) is 16.9. The van der Waals surface area contributed by atoms with Crippen molar-refractivity contribution in [2.45, 2.75) is 26.3 Å². The molecule has 1 N–H and O–H groups in total. The molecule has 2 rings (SSSR count). The summed E-state index contributed by atoms with van der Waals surface area (Å²) < 4.78 is 6.23. The Kier molecular flexibility index (Phi) is 5.55. The van der Waals surface area contributed by atoms with Crippen molar-refractivity contribution in [3.05, 3.63) is 64.6 Å². The van der Waals surface area contributed by atoms with Crippen LogP contribution in [0.3, 0.4) is 0 Å². The highest BCUT2D eigenvalue weighted by Gasteiger charge is 2.15. The molecule has 2 aromatic rings. The van der Waals surface area contributed by atoms with Crippen LogP contribution < -0.4 is 10.1 Å². The lowest BCUT2D eigenvalue weighted by molar-refractivity contribution is 0.206. The molecule has 5 heteroatoms. The van der Waals surface area contributed by atoms with Crippen LogP contribution in [0.5, 0.6) is 5.75 Å². The number of carbonyl (C=O) groups excluding carboxylic acids is 1. The number of hydrogen-bond acceptors (Lipinski definition) is 3. The van der Waals surface area contributed by atoms with Gasteiger partial charge < -0.3 is 4.74 Å². The van der Waals surface area contributed by atoms with Gasteiger partial charge in [-0.1, -0.05) is 46.3 Å². The van der Waals surface area contributed by atoms with Gasteiger partial charge in [0.05, 0.1) is 5.54 Å². The molecule has 0 spiro atoms. The van der Waals surface area contributed by atoms with Crippen LogP contribution in [0, 0.1) is 0 Å². The molecule has 0 fully saturated rings. The summed E-state index contributed by atoms with van der Waals surface area (Å²) in [5, 5.41) is 2.73. The van der Waals surface area contributed by atoms with Crippen molar-refractivity contribution in [1.29, 1.82) is 0 Å². The van der Waals surface area contributed by atoms with Gasteiger partial charge in [-0.2, -0.15) is 0 Å². The Hall–Kier alpha value is -2.14. The number of ether oxygens (including phenoxy) is 1. The number of halogens is 1. The maximum atomic E-state index is 12.1. The van der Waals surface area contributed by atoms with Gasteiger partial charge in [0.1, 0.15) is 11.6 Å². The summed E-state index contributed by atoms with van der Waals surface area (Å²) >= 11 is 3.40. The van der Waals surface area contributed by atoms with E-state index >= 15 is 0 Å². The first-order chi connectivity index (χ1) is 10.8. The third-order valence-corrected chi connectivity index (χ3v) is 3.27. The van der Waals surface area contributed by atoms with E-state index in [2.05, 4.69) is 26.2 Å². The predicted octanol–water partition coefficient (Wildman–Crippen LogP) is 4.78. The Labute approximate surface area is 144 Å². The number of amidine groups is 1. The highest BCUT2D eigenvalue weighted by atomic mass is 79.9. The fourth-order valence-corrected chi connectivity index (χ4v) is 2.09. The third-order valence-electron chi connectivity index (χ3n) is 2.74. The Morgan fingerprint density at radius 2 is 1.65 bits per heavy atom. The van der Waals surface area contributed by atoms with Gasteiger partial charge in [-0.25, -0.2) is 4.79 Å². The van der Waals surface area contributed by atoms with E-state index in [-0.39, 0.29) is 5.54 Å². The van der Waals surface area contributed by atoms with Crippen LogP contribution in [0.15, 0.2) is 64.1 Å². The lowest BCUT2D eigenvalue weighted by Crippen LogP contribution is -2.35. The number of carbonyl (C=O) groups is 1. The minimum absolute atomic E-state index is 0.331. The molecule has 0 saturated heterocycles. The number of amides is 1. The first kappa shape index (κ1) is 17.2. The van der Waals surface area contributed by atoms with Crippen LogP contribution in [-0.2, 0) is 0 Å². The molecule has 0 unspecified atom stereocenters. The van der Waals surface area contributed by atoms with E-state index in [0.717, 1.165) is 10.0 Å². The largest absolute Gasteiger partial charge is 0.418 e. The van der Waals surface area contributed by atoms with E-state index in [0.29, 0.717) is 11.6 Å². The van der Waals surface area contributed by atoms with Gasteiger partial charge in [0.25, 0.3) is 0 Å². The minimum atomic E-state index is -0.567. The summed E-state index contributed by atoms with van der Waals surface area (Å²) in [6, 6.07) is 16.5. The molecule has 4 nitrogen and oxygen atoms in total. The second kappa shape index (κ2) is 7.42. The highest BCUT2D eigenvalue weighted by molar-refractivity contribution is 9.10. The van der Waals surface area contributed by atoms with Crippen LogP contribution in [0.4, 0.5) is 4.79 Å². The molecule has 2 aromatic carbocycles. The average Bonchev–Trinajstić information content (AvgIpc) is 2.47. The molecule has 0 aliphatic rings. The number of benzene rings is 2. The van der Waals surface area contributed by atoms with Crippen LogP contribution in [0.2, 0.25) is 0 Å². The molecule has 1 amide bonds. The van der Waals surface area contributed by atoms with Crippen LogP contribution >= 0.6 is 15.9 Å². The second-order valence-corrected chi connectivity index (χ2v) is 6.88. The molecule has 0 heterocycles. The third kappa shape index (κ3) is 5.87. The second-order valence-electron chi connectivity index (χ2n) is 5.97. The van der Waals surface area contributed by atoms with Crippen molar-refractivity contribution >= 4 is 27.9 Å². The van der Waals surface area contributed by atoms with Crippen molar-refractivity contribution in [2.75, 3.05) is 0 Å². The number of hydrogen-bond donors (Lipinski definition) is 1. The molecule has 23 heavy (non-hydrogen) atoms. The van der Waals surface area contributed by atoms with E-state index < -0.39 is 6.09 Å². The number of nitrogens with zero attached hydrogens (tertiary/aromatic N) is 1. The molecule has 0 saturated carbocycles. The van der Waals surface area contributed by atoms with Crippen molar-refractivity contribution in [2.24, 2.45) is 4.99 Å². The van der Waals surface area contributed by atoms with Gasteiger partial charge in [0.15, 0.2) is 0 Å². The maximum absolute atomic E-state index is 12.1. The molecule has 120 valence electrons. The van der Waals surface area contributed by atoms with E-state index in [1.54, 1.807) is 12.1 Å². The summed E-state index contributed by atoms with van der Waals surface area (Å²) in [5.41, 5.74) is 0.482. The quantitative estimate of drug-likeness (QED) is 0.607. The van der Waals surface area contributed by atoms with Crippen molar-refractivity contribution in [1.82, 2.24) is 5.32 Å². The van der Waals surface area contributed by atoms with Gasteiger partial charge in [-0.05, 0) is 45.0 Å². The van der Waals surface area contributed by atoms with Gasteiger partial charge in [-0.3, -0.25) is 10.3 Å². The first-order valence-corrected chi connectivity index (χ1v) is 8.02. The first-order valence-electron chi connectivity index (χ1n) is 7.23. The summed E-state index contributed by atoms with van der Waals surface area (Å²) in [6.45, 7) is 5.90. The van der Waals surface area contributed by atoms with E-state index in [1.165, 1.54) is 0 Å². The molecular weight excluding hydrogens is 356 g/mol. The van der Waals surface area contributed by atoms with E-state index in [1.807, 2.05) is 63.2 Å². The van der Waals surface area contributed by atoms with Crippen LogP contribution in [-0.4, -0.2) is 17.5 Å². The smallest absolute Gasteiger partial charge is 0.410 e. The number of nitrogens with one attached hydrogen (secondary N) is 1. The average molecular weight is 375 g/mol. The fraction of sp³-hybridized carbons (Fsp3) is 0.222. The zero-order valence-corrected chi connectivity index (χ0v) is 14.9. The molecule has 0 aliphatic heterocycles. The Morgan fingerprint density at radius 3 is 2.22 bits per heavy atom. The van der Waals surface area contributed by atoms with Gasteiger partial charge in [0.2, 0.25) is 0 Å². The number of aliphatic imine (C=N–C) groups is 1. The maximum Gasteiger partial charge on any atom is 0.418 e. The molecule has 0 bridgehead atoms. The SMILES string of the molecule is CC(C)(C)N=C(NC(=O)Oc1ccccc1)c1ccc(Br)cc1. The monoisotopic (exact) mass is 374 g/mol. The predicted molar refractivity (Wildman–Crippen MR) is 96.0 cm³/mol. The van der Waals surface area contributed by atoms with E-state index in [9.17, 15) is 4.79 Å². The lowest BCUT2D eigenvalue weighted by Gasteiger charge is -2.17. The van der Waals surface area contributed by atoms with E-state index in [4.69, 9.17) is 4.74 Å². The number of para-hydroxylation sites is 1. The van der Waals surface area contributed by atoms with Gasteiger partial charge in [-0.15, -0.1) is 0 Å².